The second kappa shape index (κ2) is 38.6. The monoisotopic (exact) mass is 1710 g/mol. The van der Waals surface area contributed by atoms with E-state index in [1.54, 1.807) is 38.8 Å². The highest BCUT2D eigenvalue weighted by molar-refractivity contribution is 7.99. The van der Waals surface area contributed by atoms with E-state index >= 15 is 0 Å². The number of likely N-dealkylation sites (tertiary alicyclic amines) is 1. The van der Waals surface area contributed by atoms with E-state index in [-0.39, 0.29) is 48.7 Å². The van der Waals surface area contributed by atoms with Gasteiger partial charge in [0, 0.05) is 164 Å². The number of hydrogen-bond donors (Lipinski definition) is 5. The molecule has 5 fully saturated rings. The van der Waals surface area contributed by atoms with Crippen LogP contribution in [-0.4, -0.2) is 270 Å². The second-order valence-corrected chi connectivity index (χ2v) is 38.8. The first-order chi connectivity index (χ1) is 55.6. The fourth-order valence-electron chi connectivity index (χ4n) is 16.4. The molecule has 5 aliphatic heterocycles. The maximum Gasteiger partial charge on any atom is 0.501 e. The molecule has 5 N–H and O–H groups in total. The van der Waals surface area contributed by atoms with Crippen molar-refractivity contribution in [3.8, 4) is 10.4 Å². The summed E-state index contributed by atoms with van der Waals surface area (Å²) in [6, 6.07) is 31.0. The van der Waals surface area contributed by atoms with Crippen LogP contribution in [0.5, 0.6) is 0 Å². The largest absolute Gasteiger partial charge is 0.501 e. The summed E-state index contributed by atoms with van der Waals surface area (Å²) in [6.07, 6.45) is 2.71. The third-order valence-electron chi connectivity index (χ3n) is 23.1. The molecular formula is C84H107ClF3N13O12S4. The number of rotatable bonds is 28. The SMILES string of the molecule is Cc1ncsc1-c1ccc([C@H](C)NC(=O)[C@@H]2C[C@@H](O)CN2C(=O)C(NC(=O)CN2CCN(C(=O)CC(=O)N3CCN(CC4(C)CCC(c5ccc(Cl)cc5)=C(CN5CCN(c6ccc(C(=O)NS(=O)(=O)c7ccc(NC(CCN8CCCOCC8)CSc8ccccc8)c(S(=O)(=O)C(F)(F)F)c7)cc6)CC5)C4)CC3)CC2)C(C)(C)C)cc1. The molecule has 12 rings (SSSR count). The van der Waals surface area contributed by atoms with E-state index in [2.05, 4.69) is 59.6 Å². The molecule has 1 aliphatic carbocycles. The van der Waals surface area contributed by atoms with E-state index in [1.165, 1.54) is 39.9 Å². The van der Waals surface area contributed by atoms with Gasteiger partial charge in [-0.25, -0.2) is 26.5 Å². The molecule has 6 aromatic rings. The Balaban J connectivity index is 0.591. The Kier molecular flexibility index (Phi) is 29.1. The third kappa shape index (κ3) is 22.9. The minimum atomic E-state index is -6.12. The lowest BCUT2D eigenvalue weighted by Crippen LogP contribution is -2.59. The topological polar surface area (TPSA) is 287 Å². The summed E-state index contributed by atoms with van der Waals surface area (Å²) in [7, 11) is -11.1. The van der Waals surface area contributed by atoms with Crippen LogP contribution in [0.1, 0.15) is 113 Å². The summed E-state index contributed by atoms with van der Waals surface area (Å²) in [6.45, 7) is 22.5. The van der Waals surface area contributed by atoms with Crippen LogP contribution < -0.4 is 25.6 Å². The number of ether oxygens (including phenoxy) is 1. The van der Waals surface area contributed by atoms with Crippen LogP contribution in [0.15, 0.2) is 147 Å². The minimum absolute atomic E-state index is 0.0367. The number of hydrogen-bond acceptors (Lipinski definition) is 21. The van der Waals surface area contributed by atoms with Crippen molar-refractivity contribution in [2.75, 3.05) is 154 Å². The van der Waals surface area contributed by atoms with E-state index in [0.717, 1.165) is 95.3 Å². The number of nitrogens with one attached hydrogen (secondary N) is 4. The number of nitrogens with zero attached hydrogens (tertiary/aromatic N) is 9. The molecule has 6 amide bonds. The smallest absolute Gasteiger partial charge is 0.391 e. The number of sulfone groups is 1. The molecule has 3 unspecified atom stereocenters. The average Bonchev–Trinajstić information content (AvgIpc) is 1.56. The maximum atomic E-state index is 14.5. The van der Waals surface area contributed by atoms with Gasteiger partial charge in [-0.05, 0) is 146 Å². The van der Waals surface area contributed by atoms with Crippen molar-refractivity contribution in [3.05, 3.63) is 160 Å². The first kappa shape index (κ1) is 88.3. The highest BCUT2D eigenvalue weighted by Crippen LogP contribution is 2.45. The van der Waals surface area contributed by atoms with Crippen LogP contribution in [0.4, 0.5) is 24.5 Å². The van der Waals surface area contributed by atoms with Crippen LogP contribution in [0.25, 0.3) is 16.0 Å². The molecule has 117 heavy (non-hydrogen) atoms. The number of aliphatic hydroxyl groups is 1. The summed E-state index contributed by atoms with van der Waals surface area (Å²) in [5, 5.41) is 20.5. The van der Waals surface area contributed by atoms with Gasteiger partial charge in [0.25, 0.3) is 25.8 Å². The van der Waals surface area contributed by atoms with Crippen molar-refractivity contribution in [3.63, 3.8) is 0 Å². The Morgan fingerprint density at radius 2 is 1.40 bits per heavy atom. The zero-order valence-corrected chi connectivity index (χ0v) is 71.1. The molecule has 33 heteroatoms. The summed E-state index contributed by atoms with van der Waals surface area (Å²) < 4.78 is 105. The zero-order chi connectivity index (χ0) is 83.6. The van der Waals surface area contributed by atoms with E-state index in [4.69, 9.17) is 16.3 Å². The number of aliphatic hydroxyl groups excluding tert-OH is 1. The second-order valence-electron chi connectivity index (χ2n) is 32.9. The van der Waals surface area contributed by atoms with E-state index in [9.17, 15) is 63.9 Å². The van der Waals surface area contributed by atoms with Gasteiger partial charge in [-0.1, -0.05) is 99.5 Å². The molecule has 1 aromatic heterocycles. The maximum absolute atomic E-state index is 14.5. The molecule has 632 valence electrons. The number of carbonyl (C=O) groups excluding carboxylic acids is 6. The predicted octanol–water partition coefficient (Wildman–Crippen LogP) is 9.68. The standard InChI is InChI=1S/C84H107ClF3N13O12S4/c1-57(59-13-15-61(16-14-59)77-58(2)89-56-115-77)90-80(107)72-47-67(102)52-101(72)81(108)78(82(3,4)5)92-74(103)53-96-34-40-99(41-35-96)75(104)49-76(105)100-42-36-97(37-43-100)55-83(6)29-27-70(60-17-21-64(85)22-18-60)63(50-83)51-95-32-38-98(39-33-95)66-23-19-62(20-24-66)79(106)93-117(111,112)69-25-26-71(73(48-69)116(109,110)84(86,87)88)91-65(54-114-68-11-8-7-9-12-68)28-31-94-30-10-45-113-46-44-94/h7-9,11-26,48,56-57,65,67,72,78,91,102H,10,27-47,49-55H2,1-6H3,(H,90,107)(H,92,103)(H,93,106)/t57-,65?,67+,72-,78?,83?/m0/s1. The molecular weight excluding hydrogens is 1600 g/mol. The van der Waals surface area contributed by atoms with Gasteiger partial charge in [-0.15, -0.1) is 23.1 Å². The van der Waals surface area contributed by atoms with Crippen LogP contribution in [0.3, 0.4) is 0 Å². The third-order valence-corrected chi connectivity index (χ3v) is 28.3. The average molecular weight is 1710 g/mol. The van der Waals surface area contributed by atoms with Crippen LogP contribution in [0, 0.1) is 17.8 Å². The van der Waals surface area contributed by atoms with Crippen LogP contribution in [0.2, 0.25) is 5.02 Å². The van der Waals surface area contributed by atoms with Crippen molar-refractivity contribution < 1.29 is 68.6 Å². The van der Waals surface area contributed by atoms with Gasteiger partial charge in [-0.2, -0.15) is 13.2 Å². The highest BCUT2D eigenvalue weighted by Gasteiger charge is 2.49. The van der Waals surface area contributed by atoms with E-state index < -0.39 is 100 Å². The van der Waals surface area contributed by atoms with Gasteiger partial charge in [0.05, 0.1) is 52.0 Å². The number of allylic oxidation sites excluding steroid dienone is 1. The molecule has 25 nitrogen and oxygen atoms in total. The van der Waals surface area contributed by atoms with Gasteiger partial charge in [0.2, 0.25) is 29.5 Å². The minimum Gasteiger partial charge on any atom is -0.391 e. The molecule has 6 atom stereocenters. The lowest BCUT2D eigenvalue weighted by atomic mass is 9.71. The summed E-state index contributed by atoms with van der Waals surface area (Å²) in [4.78, 5) is 103. The Morgan fingerprint density at radius 1 is 0.752 bits per heavy atom. The number of anilines is 2. The van der Waals surface area contributed by atoms with Crippen molar-refractivity contribution in [1.29, 1.82) is 0 Å². The first-order valence-corrected chi connectivity index (χ1v) is 45.3. The number of β-amino-alcohol motifs (C(OH)–C–C–N with tert-alkyl or cyclic N) is 1. The van der Waals surface area contributed by atoms with Gasteiger partial charge < -0.3 is 50.3 Å². The van der Waals surface area contributed by atoms with Crippen molar-refractivity contribution >= 4 is 107 Å². The molecule has 5 saturated heterocycles. The number of alkyl halides is 3. The molecule has 5 aromatic carbocycles. The zero-order valence-electron chi connectivity index (χ0n) is 67.1. The molecule has 0 radical (unpaired) electrons. The number of aryl methyl sites for hydroxylation is 1. The number of carbonyl (C=O) groups is 6. The Labute approximate surface area is 697 Å². The number of sulfonamides is 1. The number of amides is 6. The molecule has 0 bridgehead atoms. The summed E-state index contributed by atoms with van der Waals surface area (Å²) >= 11 is 9.40. The van der Waals surface area contributed by atoms with Crippen molar-refractivity contribution in [1.82, 2.24) is 54.6 Å². The van der Waals surface area contributed by atoms with Crippen LogP contribution >= 0.6 is 34.7 Å². The fourth-order valence-corrected chi connectivity index (χ4v) is 20.3. The lowest BCUT2D eigenvalue weighted by Gasteiger charge is -2.44. The number of thioether (sulfide) groups is 1. The Hall–Kier alpha value is -8.02. The number of halogens is 4. The van der Waals surface area contributed by atoms with Gasteiger partial charge in [0.15, 0.2) is 0 Å². The van der Waals surface area contributed by atoms with Gasteiger partial charge in [-0.3, -0.25) is 43.5 Å². The normalized spacial score (nSPS) is 20.8. The first-order valence-electron chi connectivity index (χ1n) is 40.1. The summed E-state index contributed by atoms with van der Waals surface area (Å²) in [5.41, 5.74) is 2.06. The summed E-state index contributed by atoms with van der Waals surface area (Å²) in [5.74, 6) is -2.49. The van der Waals surface area contributed by atoms with Crippen LogP contribution in [-0.2, 0) is 48.6 Å². The van der Waals surface area contributed by atoms with E-state index in [1.807, 2.05) is 111 Å². The van der Waals surface area contributed by atoms with Crippen molar-refractivity contribution in [2.24, 2.45) is 10.8 Å². The molecule has 6 aliphatic rings. The quantitative estimate of drug-likeness (QED) is 0.0226. The number of benzene rings is 5. The molecule has 0 spiro atoms. The predicted molar refractivity (Wildman–Crippen MR) is 448 cm³/mol. The highest BCUT2D eigenvalue weighted by atomic mass is 35.5. The fraction of sp³-hybridized carbons (Fsp3) is 0.512. The molecule has 0 saturated carbocycles. The van der Waals surface area contributed by atoms with Gasteiger partial charge >= 0.3 is 5.51 Å². The lowest BCUT2D eigenvalue weighted by molar-refractivity contribution is -0.144. The Morgan fingerprint density at radius 3 is 2.04 bits per heavy atom. The molecule has 6 heterocycles. The van der Waals surface area contributed by atoms with E-state index in [0.29, 0.717) is 128 Å². The Bertz CT molecular complexity index is 4740. The number of thiazole rings is 1. The van der Waals surface area contributed by atoms with Gasteiger partial charge in [0.1, 0.15) is 23.4 Å². The number of aromatic nitrogens is 1. The van der Waals surface area contributed by atoms with Crippen molar-refractivity contribution in [2.45, 2.75) is 137 Å². The number of piperazine rings is 3.